The summed E-state index contributed by atoms with van der Waals surface area (Å²) >= 11 is 3.26. The summed E-state index contributed by atoms with van der Waals surface area (Å²) < 4.78 is 14.4. The van der Waals surface area contributed by atoms with Gasteiger partial charge in [0.15, 0.2) is 0 Å². The zero-order valence-corrected chi connectivity index (χ0v) is 14.8. The van der Waals surface area contributed by atoms with Crippen LogP contribution in [0.3, 0.4) is 0 Å². The van der Waals surface area contributed by atoms with E-state index in [-0.39, 0.29) is 11.6 Å². The van der Waals surface area contributed by atoms with Gasteiger partial charge < -0.3 is 10.2 Å². The van der Waals surface area contributed by atoms with Crippen LogP contribution in [0.25, 0.3) is 0 Å². The minimum absolute atomic E-state index is 0.0524. The van der Waals surface area contributed by atoms with Crippen LogP contribution in [0.2, 0.25) is 0 Å². The highest BCUT2D eigenvalue weighted by atomic mass is 79.9. The molecule has 3 nitrogen and oxygen atoms in total. The van der Waals surface area contributed by atoms with Crippen molar-refractivity contribution in [3.8, 4) is 0 Å². The predicted octanol–water partition coefficient (Wildman–Crippen LogP) is 3.49. The largest absolute Gasteiger partial charge is 0.350 e. The normalized spacial score (nSPS) is 12.2. The van der Waals surface area contributed by atoms with Crippen molar-refractivity contribution in [1.82, 2.24) is 10.2 Å². The summed E-state index contributed by atoms with van der Waals surface area (Å²) in [5, 5.41) is 2.83. The minimum atomic E-state index is -0.518. The molecule has 1 unspecified atom stereocenters. The monoisotopic (exact) mass is 378 g/mol. The first-order valence-electron chi connectivity index (χ1n) is 7.41. The third kappa shape index (κ3) is 5.15. The van der Waals surface area contributed by atoms with Crippen LogP contribution in [-0.4, -0.2) is 37.5 Å². The number of likely N-dealkylation sites (N-methyl/N-ethyl adjacent to an activating group) is 1. The smallest absolute Gasteiger partial charge is 0.254 e. The number of carbonyl (C=O) groups is 1. The Morgan fingerprint density at radius 1 is 1.22 bits per heavy atom. The lowest BCUT2D eigenvalue weighted by Crippen LogP contribution is -2.41. The molecule has 1 atom stereocenters. The van der Waals surface area contributed by atoms with Crippen LogP contribution < -0.4 is 5.32 Å². The van der Waals surface area contributed by atoms with Crippen molar-refractivity contribution in [3.05, 3.63) is 69.9 Å². The number of halogens is 2. The van der Waals surface area contributed by atoms with Crippen LogP contribution in [0.15, 0.2) is 53.0 Å². The number of nitrogens with one attached hydrogen (secondary N) is 1. The Bertz CT molecular complexity index is 661. The van der Waals surface area contributed by atoms with Gasteiger partial charge in [0.2, 0.25) is 0 Å². The Labute approximate surface area is 144 Å². The maximum atomic E-state index is 13.8. The Balaban J connectivity index is 2.01. The second kappa shape index (κ2) is 8.22. The van der Waals surface area contributed by atoms with Crippen LogP contribution in [0, 0.1) is 5.82 Å². The summed E-state index contributed by atoms with van der Waals surface area (Å²) in [6, 6.07) is 14.6. The van der Waals surface area contributed by atoms with E-state index >= 15 is 0 Å². The van der Waals surface area contributed by atoms with E-state index in [0.717, 1.165) is 6.42 Å². The van der Waals surface area contributed by atoms with Gasteiger partial charge in [0.25, 0.3) is 5.91 Å². The van der Waals surface area contributed by atoms with Gasteiger partial charge in [-0.1, -0.05) is 46.3 Å². The fraction of sp³-hybridized carbons (Fsp3) is 0.278. The zero-order valence-electron chi connectivity index (χ0n) is 13.2. The topological polar surface area (TPSA) is 32.3 Å². The highest BCUT2D eigenvalue weighted by Gasteiger charge is 2.16. The summed E-state index contributed by atoms with van der Waals surface area (Å²) in [5.41, 5.74) is 1.26. The van der Waals surface area contributed by atoms with E-state index in [2.05, 4.69) is 38.3 Å². The fourth-order valence-corrected chi connectivity index (χ4v) is 2.66. The molecule has 5 heteroatoms. The molecule has 0 radical (unpaired) electrons. The molecule has 1 N–H and O–H groups in total. The van der Waals surface area contributed by atoms with Crippen LogP contribution in [0.1, 0.15) is 15.9 Å². The highest BCUT2D eigenvalue weighted by molar-refractivity contribution is 9.10. The van der Waals surface area contributed by atoms with Crippen LogP contribution in [0.5, 0.6) is 0 Å². The van der Waals surface area contributed by atoms with E-state index in [0.29, 0.717) is 11.0 Å². The number of rotatable bonds is 6. The molecule has 122 valence electrons. The summed E-state index contributed by atoms with van der Waals surface area (Å²) in [4.78, 5) is 14.3. The number of hydrogen-bond acceptors (Lipinski definition) is 2. The molecule has 2 aromatic carbocycles. The van der Waals surface area contributed by atoms with Crippen LogP contribution in [0.4, 0.5) is 4.39 Å². The Kier molecular flexibility index (Phi) is 6.30. The molecule has 2 aromatic rings. The summed E-state index contributed by atoms with van der Waals surface area (Å²) in [6.45, 7) is 0.451. The third-order valence-electron chi connectivity index (χ3n) is 3.72. The number of hydrogen-bond donors (Lipinski definition) is 1. The van der Waals surface area contributed by atoms with Crippen molar-refractivity contribution >= 4 is 21.8 Å². The molecular weight excluding hydrogens is 359 g/mol. The molecule has 0 aromatic heterocycles. The summed E-state index contributed by atoms with van der Waals surface area (Å²) in [7, 11) is 3.94. The average Bonchev–Trinajstić information content (AvgIpc) is 2.54. The maximum Gasteiger partial charge on any atom is 0.254 e. The summed E-state index contributed by atoms with van der Waals surface area (Å²) in [5.74, 6) is -0.918. The zero-order chi connectivity index (χ0) is 16.8. The molecule has 0 saturated carbocycles. The van der Waals surface area contributed by atoms with Gasteiger partial charge in [0.1, 0.15) is 5.82 Å². The Hall–Kier alpha value is -1.72. The van der Waals surface area contributed by atoms with Crippen molar-refractivity contribution in [2.24, 2.45) is 0 Å². The molecule has 1 amide bonds. The first-order valence-corrected chi connectivity index (χ1v) is 8.20. The maximum absolute atomic E-state index is 13.8. The molecule has 0 aliphatic heterocycles. The quantitative estimate of drug-likeness (QED) is 0.834. The lowest BCUT2D eigenvalue weighted by Gasteiger charge is -2.25. The van der Waals surface area contributed by atoms with Crippen LogP contribution in [-0.2, 0) is 6.42 Å². The van der Waals surface area contributed by atoms with Gasteiger partial charge >= 0.3 is 0 Å². The minimum Gasteiger partial charge on any atom is -0.350 e. The molecule has 0 aliphatic rings. The molecule has 0 heterocycles. The first kappa shape index (κ1) is 17.6. The van der Waals surface area contributed by atoms with Gasteiger partial charge in [-0.15, -0.1) is 0 Å². The van der Waals surface area contributed by atoms with Gasteiger partial charge in [0, 0.05) is 17.1 Å². The second-order valence-corrected chi connectivity index (χ2v) is 6.56. The van der Waals surface area contributed by atoms with Gasteiger partial charge in [-0.05, 0) is 44.3 Å². The van der Waals surface area contributed by atoms with Crippen molar-refractivity contribution < 1.29 is 9.18 Å². The molecule has 0 fully saturated rings. The summed E-state index contributed by atoms with van der Waals surface area (Å²) in [6.07, 6.45) is 0.815. The van der Waals surface area contributed by atoms with Gasteiger partial charge in [0.05, 0.1) is 5.56 Å². The highest BCUT2D eigenvalue weighted by Crippen LogP contribution is 2.15. The lowest BCUT2D eigenvalue weighted by molar-refractivity contribution is 0.0937. The molecule has 0 aliphatic carbocycles. The lowest BCUT2D eigenvalue weighted by atomic mass is 10.0. The van der Waals surface area contributed by atoms with E-state index in [1.54, 1.807) is 6.07 Å². The molecular formula is C18H20BrFN2O. The number of benzene rings is 2. The second-order valence-electron chi connectivity index (χ2n) is 5.64. The number of carbonyl (C=O) groups excluding carboxylic acids is 1. The van der Waals surface area contributed by atoms with E-state index in [1.165, 1.54) is 17.7 Å². The van der Waals surface area contributed by atoms with E-state index in [4.69, 9.17) is 0 Å². The first-order chi connectivity index (χ1) is 11.0. The van der Waals surface area contributed by atoms with E-state index < -0.39 is 11.7 Å². The average molecular weight is 379 g/mol. The molecule has 23 heavy (non-hydrogen) atoms. The number of nitrogens with zero attached hydrogens (tertiary/aromatic N) is 1. The fourth-order valence-electron chi connectivity index (χ4n) is 2.30. The van der Waals surface area contributed by atoms with Crippen molar-refractivity contribution in [1.29, 1.82) is 0 Å². The number of amides is 1. The third-order valence-corrected chi connectivity index (χ3v) is 4.21. The van der Waals surface area contributed by atoms with Gasteiger partial charge in [-0.2, -0.15) is 0 Å². The van der Waals surface area contributed by atoms with Crippen LogP contribution >= 0.6 is 15.9 Å². The SMILES string of the molecule is CN(C)C(CNC(=O)c1cc(Br)ccc1F)Cc1ccccc1. The van der Waals surface area contributed by atoms with E-state index in [9.17, 15) is 9.18 Å². The van der Waals surface area contributed by atoms with Gasteiger partial charge in [-0.3, -0.25) is 4.79 Å². The molecule has 0 saturated heterocycles. The van der Waals surface area contributed by atoms with E-state index in [1.807, 2.05) is 32.3 Å². The standard InChI is InChI=1S/C18H20BrFN2O/c1-22(2)15(10-13-6-4-3-5-7-13)12-21-18(23)16-11-14(19)8-9-17(16)20/h3-9,11,15H,10,12H2,1-2H3,(H,21,23). The predicted molar refractivity (Wildman–Crippen MR) is 94.1 cm³/mol. The van der Waals surface area contributed by atoms with Gasteiger partial charge in [-0.25, -0.2) is 4.39 Å². The molecule has 2 rings (SSSR count). The molecule has 0 bridgehead atoms. The van der Waals surface area contributed by atoms with Crippen molar-refractivity contribution in [3.63, 3.8) is 0 Å². The Morgan fingerprint density at radius 2 is 1.91 bits per heavy atom. The van der Waals surface area contributed by atoms with Crippen molar-refractivity contribution in [2.45, 2.75) is 12.5 Å². The Morgan fingerprint density at radius 3 is 2.57 bits per heavy atom. The van der Waals surface area contributed by atoms with Crippen molar-refractivity contribution in [2.75, 3.05) is 20.6 Å². The molecule has 0 spiro atoms.